The summed E-state index contributed by atoms with van der Waals surface area (Å²) in [7, 11) is 0. The Labute approximate surface area is 131 Å². The van der Waals surface area contributed by atoms with Crippen LogP contribution >= 0.6 is 0 Å². The van der Waals surface area contributed by atoms with Gasteiger partial charge < -0.3 is 10.1 Å². The lowest BCUT2D eigenvalue weighted by Crippen LogP contribution is -2.18. The van der Waals surface area contributed by atoms with Crippen molar-refractivity contribution in [3.05, 3.63) is 42.2 Å². The summed E-state index contributed by atoms with van der Waals surface area (Å²) in [5.41, 5.74) is 1.26. The summed E-state index contributed by atoms with van der Waals surface area (Å²) < 4.78 is 41.6. The number of ether oxygens (including phenoxy) is 1. The van der Waals surface area contributed by atoms with E-state index in [2.05, 4.69) is 15.2 Å². The smallest absolute Gasteiger partial charge is 0.406 e. The summed E-state index contributed by atoms with van der Waals surface area (Å²) in [6.45, 7) is 3.71. The van der Waals surface area contributed by atoms with E-state index in [1.54, 1.807) is 10.9 Å². The third-order valence-electron chi connectivity index (χ3n) is 3.05. The number of carbonyl (C=O) groups is 1. The number of amides is 1. The second-order valence-corrected chi connectivity index (χ2v) is 5.11. The van der Waals surface area contributed by atoms with Crippen molar-refractivity contribution in [2.45, 2.75) is 32.7 Å². The minimum atomic E-state index is -4.73. The number of halogens is 3. The fraction of sp³-hybridized carbons (Fsp3) is 0.333. The van der Waals surface area contributed by atoms with Gasteiger partial charge in [-0.15, -0.1) is 13.2 Å². The minimum absolute atomic E-state index is 0.128. The number of aromatic nitrogens is 2. The lowest BCUT2D eigenvalue weighted by Gasteiger charge is -2.13. The van der Waals surface area contributed by atoms with E-state index in [1.807, 2.05) is 19.9 Å². The second kappa shape index (κ2) is 6.72. The maximum atomic E-state index is 12.1. The highest BCUT2D eigenvalue weighted by molar-refractivity contribution is 5.90. The molecule has 0 saturated carbocycles. The molecule has 0 aliphatic heterocycles. The monoisotopic (exact) mass is 327 g/mol. The summed E-state index contributed by atoms with van der Waals surface area (Å²) in [6.07, 6.45) is -2.75. The summed E-state index contributed by atoms with van der Waals surface area (Å²) in [4.78, 5) is 12.0. The second-order valence-electron chi connectivity index (χ2n) is 5.11. The molecule has 0 fully saturated rings. The number of hydrogen-bond acceptors (Lipinski definition) is 3. The molecule has 2 rings (SSSR count). The molecule has 0 radical (unpaired) electrons. The SMILES string of the molecule is Cc1ccn([C@@H](C)CC(=O)Nc2ccc(OC(F)(F)F)cc2)n1. The van der Waals surface area contributed by atoms with Crippen LogP contribution in [0.15, 0.2) is 36.5 Å². The van der Waals surface area contributed by atoms with Crippen molar-refractivity contribution >= 4 is 11.6 Å². The number of carbonyl (C=O) groups excluding carboxylic acids is 1. The molecule has 1 aromatic carbocycles. The third kappa shape index (κ3) is 5.32. The predicted molar refractivity (Wildman–Crippen MR) is 78.0 cm³/mol. The summed E-state index contributed by atoms with van der Waals surface area (Å²) in [5, 5.41) is 6.85. The number of rotatable bonds is 5. The number of alkyl halides is 3. The molecule has 0 unspecified atom stereocenters. The summed E-state index contributed by atoms with van der Waals surface area (Å²) in [5.74, 6) is -0.592. The van der Waals surface area contributed by atoms with Crippen LogP contribution in [0, 0.1) is 6.92 Å². The first kappa shape index (κ1) is 16.9. The Kier molecular flexibility index (Phi) is 4.92. The first-order valence-electron chi connectivity index (χ1n) is 6.90. The van der Waals surface area contributed by atoms with Crippen molar-refractivity contribution in [3.8, 4) is 5.75 Å². The highest BCUT2D eigenvalue weighted by Gasteiger charge is 2.30. The number of anilines is 1. The maximum absolute atomic E-state index is 12.1. The lowest BCUT2D eigenvalue weighted by molar-refractivity contribution is -0.274. The van der Waals surface area contributed by atoms with Gasteiger partial charge >= 0.3 is 6.36 Å². The molecular formula is C15H16F3N3O2. The molecule has 1 atom stereocenters. The van der Waals surface area contributed by atoms with Crippen LogP contribution in [-0.4, -0.2) is 22.1 Å². The Balaban J connectivity index is 1.90. The number of nitrogens with one attached hydrogen (secondary N) is 1. The van der Waals surface area contributed by atoms with Crippen molar-refractivity contribution in [3.63, 3.8) is 0 Å². The minimum Gasteiger partial charge on any atom is -0.406 e. The Hall–Kier alpha value is -2.51. The van der Waals surface area contributed by atoms with Gasteiger partial charge in [-0.3, -0.25) is 9.48 Å². The molecule has 8 heteroatoms. The number of hydrogen-bond donors (Lipinski definition) is 1. The fourth-order valence-electron chi connectivity index (χ4n) is 1.99. The zero-order valence-corrected chi connectivity index (χ0v) is 12.6. The van der Waals surface area contributed by atoms with Crippen LogP contribution in [0.1, 0.15) is 25.1 Å². The molecule has 1 amide bonds. The molecule has 0 aliphatic carbocycles. The molecule has 0 saturated heterocycles. The van der Waals surface area contributed by atoms with E-state index in [4.69, 9.17) is 0 Å². The molecule has 2 aromatic rings. The number of aryl methyl sites for hydroxylation is 1. The first-order valence-corrected chi connectivity index (χ1v) is 6.90. The average molecular weight is 327 g/mol. The molecular weight excluding hydrogens is 311 g/mol. The zero-order valence-electron chi connectivity index (χ0n) is 12.6. The Morgan fingerprint density at radius 2 is 1.96 bits per heavy atom. The van der Waals surface area contributed by atoms with E-state index in [-0.39, 0.29) is 24.1 Å². The van der Waals surface area contributed by atoms with Crippen LogP contribution < -0.4 is 10.1 Å². The molecule has 0 bridgehead atoms. The molecule has 1 N–H and O–H groups in total. The average Bonchev–Trinajstić information content (AvgIpc) is 2.86. The standard InChI is InChI=1S/C15H16F3N3O2/c1-10-7-8-21(20-10)11(2)9-14(22)19-12-3-5-13(6-4-12)23-15(16,17)18/h3-8,11H,9H2,1-2H3,(H,19,22)/t11-/m0/s1. The van der Waals surface area contributed by atoms with Crippen LogP contribution in [0.5, 0.6) is 5.75 Å². The van der Waals surface area contributed by atoms with Gasteiger partial charge in [0.25, 0.3) is 0 Å². The van der Waals surface area contributed by atoms with Gasteiger partial charge in [0.2, 0.25) is 5.91 Å². The zero-order chi connectivity index (χ0) is 17.0. The Morgan fingerprint density at radius 3 is 2.48 bits per heavy atom. The van der Waals surface area contributed by atoms with E-state index in [9.17, 15) is 18.0 Å². The first-order chi connectivity index (χ1) is 10.7. The lowest BCUT2D eigenvalue weighted by atomic mass is 10.2. The Bertz CT molecular complexity index is 665. The van der Waals surface area contributed by atoms with Gasteiger partial charge in [-0.2, -0.15) is 5.10 Å². The molecule has 1 heterocycles. The summed E-state index contributed by atoms with van der Waals surface area (Å²) >= 11 is 0. The number of nitrogens with zero attached hydrogens (tertiary/aromatic N) is 2. The molecule has 5 nitrogen and oxygen atoms in total. The van der Waals surface area contributed by atoms with Gasteiger partial charge in [-0.05, 0) is 44.2 Å². The van der Waals surface area contributed by atoms with Crippen LogP contribution in [0.2, 0.25) is 0 Å². The van der Waals surface area contributed by atoms with Crippen LogP contribution in [0.4, 0.5) is 18.9 Å². The van der Waals surface area contributed by atoms with Crippen LogP contribution in [0.3, 0.4) is 0 Å². The van der Waals surface area contributed by atoms with Gasteiger partial charge in [0.1, 0.15) is 5.75 Å². The van der Waals surface area contributed by atoms with Crippen LogP contribution in [-0.2, 0) is 4.79 Å². The molecule has 124 valence electrons. The molecule has 0 aliphatic rings. The normalized spacial score (nSPS) is 12.7. The van der Waals surface area contributed by atoms with Crippen molar-refractivity contribution in [2.75, 3.05) is 5.32 Å². The molecule has 23 heavy (non-hydrogen) atoms. The third-order valence-corrected chi connectivity index (χ3v) is 3.05. The molecule has 0 spiro atoms. The summed E-state index contributed by atoms with van der Waals surface area (Å²) in [6, 6.07) is 6.70. The van der Waals surface area contributed by atoms with Crippen molar-refractivity contribution < 1.29 is 22.7 Å². The maximum Gasteiger partial charge on any atom is 0.573 e. The van der Waals surface area contributed by atoms with Crippen molar-refractivity contribution in [1.82, 2.24) is 9.78 Å². The van der Waals surface area contributed by atoms with E-state index in [0.29, 0.717) is 5.69 Å². The predicted octanol–water partition coefficient (Wildman–Crippen LogP) is 3.68. The van der Waals surface area contributed by atoms with Gasteiger partial charge in [0.15, 0.2) is 0 Å². The largest absolute Gasteiger partial charge is 0.573 e. The van der Waals surface area contributed by atoms with Gasteiger partial charge in [0, 0.05) is 18.3 Å². The highest BCUT2D eigenvalue weighted by atomic mass is 19.4. The topological polar surface area (TPSA) is 56.2 Å². The van der Waals surface area contributed by atoms with Crippen molar-refractivity contribution in [1.29, 1.82) is 0 Å². The van der Waals surface area contributed by atoms with Crippen LogP contribution in [0.25, 0.3) is 0 Å². The van der Waals surface area contributed by atoms with Gasteiger partial charge in [-0.25, -0.2) is 0 Å². The van der Waals surface area contributed by atoms with E-state index in [1.165, 1.54) is 12.1 Å². The Morgan fingerprint density at radius 1 is 1.30 bits per heavy atom. The number of benzene rings is 1. The van der Waals surface area contributed by atoms with Gasteiger partial charge in [-0.1, -0.05) is 0 Å². The van der Waals surface area contributed by atoms with E-state index < -0.39 is 6.36 Å². The van der Waals surface area contributed by atoms with Gasteiger partial charge in [0.05, 0.1) is 11.7 Å². The van der Waals surface area contributed by atoms with E-state index in [0.717, 1.165) is 17.8 Å². The molecule has 1 aromatic heterocycles. The van der Waals surface area contributed by atoms with Crippen molar-refractivity contribution in [2.24, 2.45) is 0 Å². The fourth-order valence-corrected chi connectivity index (χ4v) is 1.99. The van der Waals surface area contributed by atoms with E-state index >= 15 is 0 Å². The quantitative estimate of drug-likeness (QED) is 0.911. The highest BCUT2D eigenvalue weighted by Crippen LogP contribution is 2.24.